The third kappa shape index (κ3) is 5.08. The molecule has 10 heteroatoms. The van der Waals surface area contributed by atoms with Crippen LogP contribution in [0.1, 0.15) is 33.3 Å². The van der Waals surface area contributed by atoms with Crippen LogP contribution in [-0.4, -0.2) is 65.2 Å². The molecule has 2 atom stereocenters. The molecule has 0 spiro atoms. The summed E-state index contributed by atoms with van der Waals surface area (Å²) in [6.07, 6.45) is -3.28. The summed E-state index contributed by atoms with van der Waals surface area (Å²) in [4.78, 5) is 15.5. The molecule has 2 aliphatic heterocycles. The van der Waals surface area contributed by atoms with Crippen LogP contribution < -0.4 is 4.74 Å². The van der Waals surface area contributed by atoms with Gasteiger partial charge in [-0.2, -0.15) is 18.0 Å². The first-order valence-corrected chi connectivity index (χ1v) is 13.0. The van der Waals surface area contributed by atoms with Gasteiger partial charge in [0, 0.05) is 6.92 Å². The summed E-state index contributed by atoms with van der Waals surface area (Å²) in [6, 6.07) is 13.6. The molecule has 0 radical (unpaired) electrons. The Balaban J connectivity index is 1.60. The molecule has 35 heavy (non-hydrogen) atoms. The van der Waals surface area contributed by atoms with Gasteiger partial charge in [0.15, 0.2) is 0 Å². The van der Waals surface area contributed by atoms with Gasteiger partial charge in [-0.1, -0.05) is 44.2 Å². The molecule has 1 saturated heterocycles. The number of rotatable bonds is 7. The van der Waals surface area contributed by atoms with Crippen molar-refractivity contribution in [2.75, 3.05) is 13.1 Å². The summed E-state index contributed by atoms with van der Waals surface area (Å²) in [6.45, 7) is 7.17. The van der Waals surface area contributed by atoms with Crippen molar-refractivity contribution in [2.24, 2.45) is 5.92 Å². The number of sulfonamides is 1. The van der Waals surface area contributed by atoms with E-state index in [2.05, 4.69) is 4.74 Å². The number of amidine groups is 1. The minimum Gasteiger partial charge on any atom is -0.433 e. The van der Waals surface area contributed by atoms with Gasteiger partial charge in [-0.15, -0.1) is 0 Å². The molecule has 0 bridgehead atoms. The minimum absolute atomic E-state index is 0.0186. The lowest BCUT2D eigenvalue weighted by Gasteiger charge is -2.33. The number of halogens is 2. The number of nitrogens with zero attached hydrogens (tertiary/aromatic N) is 3. The second-order valence-electron chi connectivity index (χ2n) is 9.40. The summed E-state index contributed by atoms with van der Waals surface area (Å²) in [5.41, 5.74) is 0.754. The third-order valence-electron chi connectivity index (χ3n) is 6.21. The van der Waals surface area contributed by atoms with Crippen molar-refractivity contribution >= 4 is 21.8 Å². The first kappa shape index (κ1) is 25.2. The van der Waals surface area contributed by atoms with Gasteiger partial charge in [-0.25, -0.2) is 17.8 Å². The van der Waals surface area contributed by atoms with Gasteiger partial charge in [-0.05, 0) is 36.8 Å². The van der Waals surface area contributed by atoms with E-state index in [0.717, 1.165) is 11.4 Å². The van der Waals surface area contributed by atoms with Crippen LogP contribution in [0.2, 0.25) is 0 Å². The van der Waals surface area contributed by atoms with E-state index in [4.69, 9.17) is 0 Å². The molecular formula is C25H30F2N3O4S+. The maximum atomic E-state index is 13.6. The molecule has 188 valence electrons. The smallest absolute Gasteiger partial charge is 0.394 e. The summed E-state index contributed by atoms with van der Waals surface area (Å²) >= 11 is 0. The molecule has 0 N–H and O–H groups in total. The second kappa shape index (κ2) is 9.31. The number of fused-ring (bicyclic) bond motifs is 1. The Bertz CT molecular complexity index is 1230. The molecule has 0 saturated carbocycles. The Morgan fingerprint density at radius 2 is 1.71 bits per heavy atom. The maximum absolute atomic E-state index is 13.6. The zero-order chi connectivity index (χ0) is 25.5. The lowest BCUT2D eigenvalue weighted by Crippen LogP contribution is -2.56. The SMILES string of the molecule is CC(C)C1=[N+]2C(C)CN(S(=O)(=O)c3ccccc3)CC2C(=O)N1Cc1ccc(OC(C)(F)F)cc1. The molecule has 2 aromatic rings. The third-order valence-corrected chi connectivity index (χ3v) is 8.05. The molecule has 2 aliphatic rings. The van der Waals surface area contributed by atoms with E-state index in [9.17, 15) is 22.0 Å². The van der Waals surface area contributed by atoms with Gasteiger partial charge in [0.25, 0.3) is 5.84 Å². The Labute approximate surface area is 204 Å². The first-order chi connectivity index (χ1) is 16.4. The summed E-state index contributed by atoms with van der Waals surface area (Å²) in [7, 11) is -3.74. The van der Waals surface area contributed by atoms with E-state index in [1.165, 1.54) is 16.4 Å². The van der Waals surface area contributed by atoms with Gasteiger partial charge in [0.1, 0.15) is 18.3 Å². The number of hydrogen-bond acceptors (Lipinski definition) is 4. The number of hydrogen-bond donors (Lipinski definition) is 0. The second-order valence-corrected chi connectivity index (χ2v) is 11.3. The fourth-order valence-electron chi connectivity index (χ4n) is 4.82. The largest absolute Gasteiger partial charge is 0.433 e. The fourth-order valence-corrected chi connectivity index (χ4v) is 6.37. The van der Waals surface area contributed by atoms with Crippen LogP contribution in [0, 0.1) is 5.92 Å². The average molecular weight is 507 g/mol. The van der Waals surface area contributed by atoms with Crippen molar-refractivity contribution in [3.8, 4) is 5.75 Å². The molecule has 0 aliphatic carbocycles. The minimum atomic E-state index is -3.74. The number of alkyl halides is 2. The number of amides is 1. The van der Waals surface area contributed by atoms with Crippen LogP contribution in [0.3, 0.4) is 0 Å². The van der Waals surface area contributed by atoms with E-state index in [1.54, 1.807) is 47.4 Å². The Morgan fingerprint density at radius 1 is 1.09 bits per heavy atom. The number of ether oxygens (including phenoxy) is 1. The molecule has 4 rings (SSSR count). The zero-order valence-corrected chi connectivity index (χ0v) is 21.0. The number of benzene rings is 2. The van der Waals surface area contributed by atoms with Crippen LogP contribution in [-0.2, 0) is 21.4 Å². The molecule has 7 nitrogen and oxygen atoms in total. The Morgan fingerprint density at radius 3 is 2.29 bits per heavy atom. The highest BCUT2D eigenvalue weighted by atomic mass is 32.2. The van der Waals surface area contributed by atoms with Crippen LogP contribution in [0.5, 0.6) is 5.75 Å². The molecular weight excluding hydrogens is 476 g/mol. The van der Waals surface area contributed by atoms with Crippen molar-refractivity contribution < 1.29 is 31.3 Å². The van der Waals surface area contributed by atoms with Gasteiger partial charge in [0.2, 0.25) is 16.1 Å². The van der Waals surface area contributed by atoms with Gasteiger partial charge in [0.05, 0.1) is 23.9 Å². The van der Waals surface area contributed by atoms with Crippen LogP contribution in [0.4, 0.5) is 8.78 Å². The number of carbonyl (C=O) groups is 1. The standard InChI is InChI=1S/C25H30F2N3O4S/c1-17(2)23-29(15-19-10-12-20(13-11-19)34-25(4,26)27)24(31)22-16-28(14-18(3)30(22)23)35(32,33)21-8-6-5-7-9-21/h5-13,17-18,22H,14-16H2,1-4H3/q+1. The molecule has 1 fully saturated rings. The average Bonchev–Trinajstić information content (AvgIpc) is 3.07. The maximum Gasteiger partial charge on any atom is 0.394 e. The van der Waals surface area contributed by atoms with Crippen molar-refractivity contribution in [2.45, 2.75) is 57.3 Å². The predicted molar refractivity (Wildman–Crippen MR) is 127 cm³/mol. The number of carbonyl (C=O) groups excluding carboxylic acids is 1. The summed E-state index contributed by atoms with van der Waals surface area (Å²) < 4.78 is 60.8. The molecule has 0 aromatic heterocycles. The van der Waals surface area contributed by atoms with E-state index < -0.39 is 22.2 Å². The van der Waals surface area contributed by atoms with Crippen molar-refractivity contribution in [1.29, 1.82) is 0 Å². The highest BCUT2D eigenvalue weighted by Crippen LogP contribution is 2.29. The van der Waals surface area contributed by atoms with Crippen LogP contribution in [0.15, 0.2) is 59.5 Å². The molecule has 1 amide bonds. The van der Waals surface area contributed by atoms with E-state index in [0.29, 0.717) is 6.92 Å². The van der Waals surface area contributed by atoms with Crippen LogP contribution in [0.25, 0.3) is 0 Å². The lowest BCUT2D eigenvalue weighted by atomic mass is 10.1. The van der Waals surface area contributed by atoms with Gasteiger partial charge < -0.3 is 4.74 Å². The molecule has 2 aromatic carbocycles. The Hall–Kier alpha value is -2.85. The lowest BCUT2D eigenvalue weighted by molar-refractivity contribution is -0.592. The summed E-state index contributed by atoms with van der Waals surface area (Å²) in [5.74, 6) is 0.721. The van der Waals surface area contributed by atoms with Crippen molar-refractivity contribution in [3.05, 3.63) is 60.2 Å². The molecule has 2 heterocycles. The van der Waals surface area contributed by atoms with Gasteiger partial charge >= 0.3 is 12.0 Å². The van der Waals surface area contributed by atoms with Gasteiger partial charge in [-0.3, -0.25) is 0 Å². The zero-order valence-electron chi connectivity index (χ0n) is 20.2. The Kier molecular flexibility index (Phi) is 6.72. The van der Waals surface area contributed by atoms with E-state index in [1.807, 2.05) is 25.3 Å². The molecule has 2 unspecified atom stereocenters. The highest BCUT2D eigenvalue weighted by Gasteiger charge is 2.54. The highest BCUT2D eigenvalue weighted by molar-refractivity contribution is 7.89. The van der Waals surface area contributed by atoms with E-state index in [-0.39, 0.29) is 48.1 Å². The van der Waals surface area contributed by atoms with Crippen molar-refractivity contribution in [1.82, 2.24) is 9.21 Å². The topological polar surface area (TPSA) is 69.9 Å². The number of piperazine rings is 1. The van der Waals surface area contributed by atoms with Crippen molar-refractivity contribution in [3.63, 3.8) is 0 Å². The summed E-state index contributed by atoms with van der Waals surface area (Å²) in [5, 5.41) is 0. The van der Waals surface area contributed by atoms with E-state index >= 15 is 0 Å². The fraction of sp³-hybridized carbons (Fsp3) is 0.440. The first-order valence-electron chi connectivity index (χ1n) is 11.6. The quantitative estimate of drug-likeness (QED) is 0.539. The van der Waals surface area contributed by atoms with Crippen LogP contribution >= 0.6 is 0 Å². The normalized spacial score (nSPS) is 21.6. The monoisotopic (exact) mass is 506 g/mol. The predicted octanol–water partition coefficient (Wildman–Crippen LogP) is 3.55.